The average Bonchev–Trinajstić information content (AvgIpc) is 2.82. The van der Waals surface area contributed by atoms with Gasteiger partial charge >= 0.3 is 0 Å². The summed E-state index contributed by atoms with van der Waals surface area (Å²) in [6.07, 6.45) is 1.32. The van der Waals surface area contributed by atoms with Crippen molar-refractivity contribution in [3.8, 4) is 5.75 Å². The lowest BCUT2D eigenvalue weighted by atomic mass is 10.1. The van der Waals surface area contributed by atoms with Gasteiger partial charge in [-0.05, 0) is 73.9 Å². The molecule has 3 rings (SSSR count). The van der Waals surface area contributed by atoms with Crippen LogP contribution in [-0.2, 0) is 21.2 Å². The van der Waals surface area contributed by atoms with E-state index in [1.165, 1.54) is 24.3 Å². The standard InChI is InChI=1S/C25H27FN2O4S/c1-2-32-23-14-16-24(17-15-23)33(30,31)28(22-8-4-3-5-9-22)19-25(29)27-18-6-7-20-10-12-21(26)13-11-20/h3-5,8-17H,2,6-7,18-19H2,1H3,(H,27,29). The molecule has 0 aliphatic heterocycles. The number of sulfonamides is 1. The molecule has 0 heterocycles. The van der Waals surface area contributed by atoms with Gasteiger partial charge in [-0.25, -0.2) is 12.8 Å². The number of nitrogens with zero attached hydrogens (tertiary/aromatic N) is 1. The number of amides is 1. The molecule has 0 atom stereocenters. The number of hydrogen-bond acceptors (Lipinski definition) is 4. The third-order valence-corrected chi connectivity index (χ3v) is 6.72. The number of carbonyl (C=O) groups is 1. The van der Waals surface area contributed by atoms with Crippen LogP contribution < -0.4 is 14.4 Å². The fourth-order valence-electron chi connectivity index (χ4n) is 3.27. The van der Waals surface area contributed by atoms with Crippen LogP contribution in [0.15, 0.2) is 83.8 Å². The lowest BCUT2D eigenvalue weighted by Crippen LogP contribution is -2.41. The first kappa shape index (κ1) is 24.3. The fraction of sp³-hybridized carbons (Fsp3) is 0.240. The van der Waals surface area contributed by atoms with E-state index in [2.05, 4.69) is 5.32 Å². The number of hydrogen-bond donors (Lipinski definition) is 1. The highest BCUT2D eigenvalue weighted by Gasteiger charge is 2.27. The minimum atomic E-state index is -3.98. The normalized spacial score (nSPS) is 11.1. The van der Waals surface area contributed by atoms with Gasteiger partial charge in [0.25, 0.3) is 10.0 Å². The second-order valence-corrected chi connectivity index (χ2v) is 9.19. The first-order valence-electron chi connectivity index (χ1n) is 10.7. The summed E-state index contributed by atoms with van der Waals surface area (Å²) >= 11 is 0. The van der Waals surface area contributed by atoms with Gasteiger partial charge < -0.3 is 10.1 Å². The molecule has 0 aliphatic carbocycles. The highest BCUT2D eigenvalue weighted by Crippen LogP contribution is 2.25. The number of nitrogens with one attached hydrogen (secondary N) is 1. The van der Waals surface area contributed by atoms with Crippen LogP contribution in [0.5, 0.6) is 5.75 Å². The minimum Gasteiger partial charge on any atom is -0.494 e. The molecule has 174 valence electrons. The maximum atomic E-state index is 13.4. The summed E-state index contributed by atoms with van der Waals surface area (Å²) in [6.45, 7) is 2.35. The lowest BCUT2D eigenvalue weighted by Gasteiger charge is -2.24. The largest absolute Gasteiger partial charge is 0.494 e. The highest BCUT2D eigenvalue weighted by atomic mass is 32.2. The van der Waals surface area contributed by atoms with Gasteiger partial charge in [0.1, 0.15) is 18.1 Å². The Bertz CT molecular complexity index is 1140. The summed E-state index contributed by atoms with van der Waals surface area (Å²) in [5, 5.41) is 2.77. The van der Waals surface area contributed by atoms with E-state index in [0.717, 1.165) is 9.87 Å². The third kappa shape index (κ3) is 6.79. The van der Waals surface area contributed by atoms with Crippen molar-refractivity contribution < 1.29 is 22.3 Å². The second kappa shape index (κ2) is 11.5. The average molecular weight is 471 g/mol. The number of carbonyl (C=O) groups excluding carboxylic acids is 1. The van der Waals surface area contributed by atoms with Crippen molar-refractivity contribution in [2.45, 2.75) is 24.7 Å². The summed E-state index contributed by atoms with van der Waals surface area (Å²) in [5.74, 6) is -0.129. The van der Waals surface area contributed by atoms with Crippen molar-refractivity contribution in [3.05, 3.63) is 90.2 Å². The molecule has 0 aliphatic rings. The first-order chi connectivity index (χ1) is 15.9. The van der Waals surface area contributed by atoms with Gasteiger partial charge in [-0.3, -0.25) is 9.10 Å². The maximum absolute atomic E-state index is 13.4. The molecule has 0 saturated heterocycles. The summed E-state index contributed by atoms with van der Waals surface area (Å²) < 4.78 is 46.2. The lowest BCUT2D eigenvalue weighted by molar-refractivity contribution is -0.119. The molecular formula is C25H27FN2O4S. The Labute approximate surface area is 194 Å². The minimum absolute atomic E-state index is 0.0684. The third-order valence-electron chi connectivity index (χ3n) is 4.93. The topological polar surface area (TPSA) is 75.7 Å². The molecule has 0 bridgehead atoms. The monoisotopic (exact) mass is 470 g/mol. The molecular weight excluding hydrogens is 443 g/mol. The first-order valence-corrected chi connectivity index (χ1v) is 12.2. The predicted octanol–water partition coefficient (Wildman–Crippen LogP) is 4.17. The number of ether oxygens (including phenoxy) is 1. The molecule has 6 nitrogen and oxygen atoms in total. The van der Waals surface area contributed by atoms with Gasteiger partial charge in [0, 0.05) is 6.54 Å². The Morgan fingerprint density at radius 3 is 2.27 bits per heavy atom. The molecule has 0 saturated carbocycles. The molecule has 0 spiro atoms. The van der Waals surface area contributed by atoms with Crippen molar-refractivity contribution in [3.63, 3.8) is 0 Å². The Morgan fingerprint density at radius 2 is 1.64 bits per heavy atom. The van der Waals surface area contributed by atoms with Crippen molar-refractivity contribution in [2.75, 3.05) is 24.0 Å². The number of anilines is 1. The molecule has 1 N–H and O–H groups in total. The van der Waals surface area contributed by atoms with E-state index >= 15 is 0 Å². The van der Waals surface area contributed by atoms with Crippen LogP contribution in [0.1, 0.15) is 18.9 Å². The van der Waals surface area contributed by atoms with Crippen LogP contribution in [0, 0.1) is 5.82 Å². The molecule has 0 fully saturated rings. The molecule has 8 heteroatoms. The molecule has 0 unspecified atom stereocenters. The molecule has 0 radical (unpaired) electrons. The predicted molar refractivity (Wildman–Crippen MR) is 126 cm³/mol. The van der Waals surface area contributed by atoms with Gasteiger partial charge in [0.2, 0.25) is 5.91 Å². The van der Waals surface area contributed by atoms with Gasteiger partial charge in [-0.1, -0.05) is 30.3 Å². The van der Waals surface area contributed by atoms with Crippen LogP contribution in [0.25, 0.3) is 0 Å². The number of benzene rings is 3. The van der Waals surface area contributed by atoms with Gasteiger partial charge in [0.15, 0.2) is 0 Å². The summed E-state index contributed by atoms with van der Waals surface area (Å²) in [7, 11) is -3.98. The summed E-state index contributed by atoms with van der Waals surface area (Å²) in [4.78, 5) is 12.7. The van der Waals surface area contributed by atoms with Gasteiger partial charge in [0.05, 0.1) is 17.2 Å². The molecule has 1 amide bonds. The maximum Gasteiger partial charge on any atom is 0.264 e. The van der Waals surface area contributed by atoms with Crippen LogP contribution in [-0.4, -0.2) is 34.0 Å². The van der Waals surface area contributed by atoms with Crippen molar-refractivity contribution in [1.29, 1.82) is 0 Å². The number of aryl methyl sites for hydroxylation is 1. The molecule has 0 aromatic heterocycles. The molecule has 3 aromatic rings. The highest BCUT2D eigenvalue weighted by molar-refractivity contribution is 7.92. The molecule has 3 aromatic carbocycles. The number of halogens is 1. The summed E-state index contributed by atoms with van der Waals surface area (Å²) in [6, 6.07) is 20.8. The quantitative estimate of drug-likeness (QED) is 0.427. The Balaban J connectivity index is 1.67. The SMILES string of the molecule is CCOc1ccc(S(=O)(=O)N(CC(=O)NCCCc2ccc(F)cc2)c2ccccc2)cc1. The van der Waals surface area contributed by atoms with Gasteiger partial charge in [-0.2, -0.15) is 0 Å². The Hall–Kier alpha value is -3.39. The van der Waals surface area contributed by atoms with E-state index < -0.39 is 15.9 Å². The number of rotatable bonds is 11. The Kier molecular flexibility index (Phi) is 8.43. The molecule has 33 heavy (non-hydrogen) atoms. The van der Waals surface area contributed by atoms with Crippen LogP contribution >= 0.6 is 0 Å². The zero-order chi connectivity index (χ0) is 23.7. The zero-order valence-corrected chi connectivity index (χ0v) is 19.2. The summed E-state index contributed by atoms with van der Waals surface area (Å²) in [5.41, 5.74) is 1.36. The van der Waals surface area contributed by atoms with Crippen molar-refractivity contribution >= 4 is 21.6 Å². The second-order valence-electron chi connectivity index (χ2n) is 7.33. The number of para-hydroxylation sites is 1. The van der Waals surface area contributed by atoms with Gasteiger partial charge in [-0.15, -0.1) is 0 Å². The van der Waals surface area contributed by atoms with Crippen molar-refractivity contribution in [2.24, 2.45) is 0 Å². The van der Waals surface area contributed by atoms with E-state index in [-0.39, 0.29) is 17.3 Å². The van der Waals surface area contributed by atoms with E-state index in [1.807, 2.05) is 6.92 Å². The van der Waals surface area contributed by atoms with Crippen LogP contribution in [0.4, 0.5) is 10.1 Å². The smallest absolute Gasteiger partial charge is 0.264 e. The van der Waals surface area contributed by atoms with Crippen LogP contribution in [0.2, 0.25) is 0 Å². The fourth-order valence-corrected chi connectivity index (χ4v) is 4.69. The Morgan fingerprint density at radius 1 is 0.970 bits per heavy atom. The van der Waals surface area contributed by atoms with Crippen LogP contribution in [0.3, 0.4) is 0 Å². The van der Waals surface area contributed by atoms with E-state index in [4.69, 9.17) is 4.74 Å². The van der Waals surface area contributed by atoms with E-state index in [9.17, 15) is 17.6 Å². The van der Waals surface area contributed by atoms with E-state index in [1.54, 1.807) is 54.6 Å². The zero-order valence-electron chi connectivity index (χ0n) is 18.4. The van der Waals surface area contributed by atoms with E-state index in [0.29, 0.717) is 37.4 Å². The van der Waals surface area contributed by atoms with Crippen molar-refractivity contribution in [1.82, 2.24) is 5.32 Å².